The SMILES string of the molecule is [B]c1c([B])c([B])c(N(c2cc(-c3ccccc3)cc(-c3ccccc3)c2)c2ccc3ccc4c(N(c5cc(-c6ccccc6)cc(-c6ccccc6)c5)c5c([B])c([B])c([B])c([B])c5[B])ccc5ccc2c3c54)c([B])c1[B]. The van der Waals surface area contributed by atoms with E-state index in [0.29, 0.717) is 11.4 Å². The van der Waals surface area contributed by atoms with Crippen molar-refractivity contribution in [3.63, 3.8) is 0 Å². The van der Waals surface area contributed by atoms with Gasteiger partial charge in [-0.1, -0.05) is 180 Å². The summed E-state index contributed by atoms with van der Waals surface area (Å²) >= 11 is 0. The van der Waals surface area contributed by atoms with Crippen LogP contribution in [0.1, 0.15) is 0 Å². The Morgan fingerprint density at radius 2 is 0.474 bits per heavy atom. The fourth-order valence-corrected chi connectivity index (χ4v) is 10.8. The molecule has 0 N–H and O–H groups in total. The highest BCUT2D eigenvalue weighted by molar-refractivity contribution is 6.70. The molecule has 0 saturated carbocycles. The van der Waals surface area contributed by atoms with Crippen LogP contribution in [0.25, 0.3) is 76.8 Å². The molecule has 0 heterocycles. The van der Waals surface area contributed by atoms with Gasteiger partial charge in [0.2, 0.25) is 0 Å². The van der Waals surface area contributed by atoms with Crippen molar-refractivity contribution in [3.05, 3.63) is 206 Å². The predicted molar refractivity (Wildman–Crippen MR) is 335 cm³/mol. The molecule has 0 atom stereocenters. The summed E-state index contributed by atoms with van der Waals surface area (Å²) in [7, 11) is 68.3. The lowest BCUT2D eigenvalue weighted by Gasteiger charge is -2.35. The molecule has 330 valence electrons. The fourth-order valence-electron chi connectivity index (χ4n) is 10.8. The second kappa shape index (κ2) is 19.6. The Balaban J connectivity index is 1.17. The minimum absolute atomic E-state index is 0.116. The van der Waals surface area contributed by atoms with Gasteiger partial charge in [-0.15, -0.1) is 32.8 Å². The summed E-state index contributed by atoms with van der Waals surface area (Å²) in [6.07, 6.45) is 0. The molecule has 0 spiro atoms. The minimum Gasteiger partial charge on any atom is -0.311 e. The van der Waals surface area contributed by atoms with Crippen molar-refractivity contribution >= 4 is 200 Å². The highest BCUT2D eigenvalue weighted by Gasteiger charge is 2.27. The van der Waals surface area contributed by atoms with Crippen LogP contribution in [0, 0.1) is 0 Å². The Morgan fingerprint density at radius 3 is 0.750 bits per heavy atom. The van der Waals surface area contributed by atoms with E-state index in [-0.39, 0.29) is 54.6 Å². The molecule has 0 amide bonds. The van der Waals surface area contributed by atoms with Gasteiger partial charge in [0.25, 0.3) is 0 Å². The van der Waals surface area contributed by atoms with Crippen LogP contribution in [0.15, 0.2) is 206 Å². The molecule has 0 aliphatic heterocycles. The molecule has 76 heavy (non-hydrogen) atoms. The number of nitrogens with zero attached hydrogens (tertiary/aromatic N) is 2. The quantitative estimate of drug-likeness (QED) is 0.121. The highest BCUT2D eigenvalue weighted by Crippen LogP contribution is 2.48. The fraction of sp³-hybridized carbons (Fsp3) is 0. The third-order valence-corrected chi connectivity index (χ3v) is 14.7. The van der Waals surface area contributed by atoms with E-state index in [9.17, 15) is 0 Å². The minimum atomic E-state index is 0.116. The van der Waals surface area contributed by atoms with Gasteiger partial charge < -0.3 is 9.80 Å². The Hall–Kier alpha value is -8.07. The van der Waals surface area contributed by atoms with Crippen molar-refractivity contribution in [2.45, 2.75) is 0 Å². The molecule has 12 rings (SSSR count). The van der Waals surface area contributed by atoms with Gasteiger partial charge in [-0.25, -0.2) is 0 Å². The monoisotopic (exact) mass is 940 g/mol. The lowest BCUT2D eigenvalue weighted by molar-refractivity contribution is 1.32. The molecule has 20 radical (unpaired) electrons. The smallest absolute Gasteiger partial charge is 0.115 e. The zero-order valence-corrected chi connectivity index (χ0v) is 41.3. The number of benzene rings is 12. The normalized spacial score (nSPS) is 11.4. The number of rotatable bonds is 10. The first-order chi connectivity index (χ1) is 36.9. The lowest BCUT2D eigenvalue weighted by Crippen LogP contribution is -2.56. The van der Waals surface area contributed by atoms with E-state index in [2.05, 4.69) is 143 Å². The van der Waals surface area contributed by atoms with Gasteiger partial charge in [-0.3, -0.25) is 0 Å². The second-order valence-electron chi connectivity index (χ2n) is 19.1. The van der Waals surface area contributed by atoms with Crippen molar-refractivity contribution in [1.29, 1.82) is 0 Å². The van der Waals surface area contributed by atoms with E-state index in [4.69, 9.17) is 78.5 Å². The predicted octanol–water partition coefficient (Wildman–Crippen LogP) is 6.13. The van der Waals surface area contributed by atoms with E-state index in [1.807, 2.05) is 72.8 Å². The van der Waals surface area contributed by atoms with Crippen molar-refractivity contribution in [1.82, 2.24) is 0 Å². The largest absolute Gasteiger partial charge is 0.311 e. The molecule has 0 saturated heterocycles. The summed E-state index contributed by atoms with van der Waals surface area (Å²) in [4.78, 5) is 4.10. The summed E-state index contributed by atoms with van der Waals surface area (Å²) < 4.78 is 0. The van der Waals surface area contributed by atoms with Gasteiger partial charge in [-0.2, -0.15) is 0 Å². The highest BCUT2D eigenvalue weighted by atomic mass is 15.2. The molecule has 0 fully saturated rings. The summed E-state index contributed by atoms with van der Waals surface area (Å²) in [6.45, 7) is 0. The van der Waals surface area contributed by atoms with Crippen molar-refractivity contribution in [2.24, 2.45) is 0 Å². The maximum Gasteiger partial charge on any atom is 0.115 e. The van der Waals surface area contributed by atoms with Crippen LogP contribution in [0.4, 0.5) is 34.1 Å². The molecular formula is C64H34B10N2. The number of hydrogen-bond acceptors (Lipinski definition) is 2. The van der Waals surface area contributed by atoms with Gasteiger partial charge in [0.1, 0.15) is 78.5 Å². The summed E-state index contributed by atoms with van der Waals surface area (Å²) in [5, 5.41) is 5.68. The molecular weight excluding hydrogens is 905 g/mol. The molecule has 0 aromatic heterocycles. The third-order valence-electron chi connectivity index (χ3n) is 14.7. The molecule has 0 unspecified atom stereocenters. The van der Waals surface area contributed by atoms with Crippen LogP contribution < -0.4 is 64.4 Å². The van der Waals surface area contributed by atoms with Crippen LogP contribution in [0.5, 0.6) is 0 Å². The molecule has 2 nitrogen and oxygen atoms in total. The van der Waals surface area contributed by atoms with Crippen molar-refractivity contribution < 1.29 is 0 Å². The topological polar surface area (TPSA) is 6.48 Å². The zero-order valence-electron chi connectivity index (χ0n) is 41.3. The van der Waals surface area contributed by atoms with Gasteiger partial charge in [0.15, 0.2) is 0 Å². The van der Waals surface area contributed by atoms with Crippen molar-refractivity contribution in [2.75, 3.05) is 9.80 Å². The standard InChI is InChI=1S/C64H34B10N2/c65-53-55(67)59(71)63(60(72)56(53)68)75(45-31-41(35-13-5-1-6-14-35)29-42(32-45)36-15-7-2-8-16-36)49-27-23-39-22-26-48-50(28-24-40-21-25-47(49)51(39)52(40)48)76(64-61(73)57(69)54(66)58(70)62(64)74)46-33-43(37-17-9-3-10-18-37)30-44(34-46)38-19-11-4-12-20-38/h1-34H. The Kier molecular flexibility index (Phi) is 12.6. The lowest BCUT2D eigenvalue weighted by atomic mass is 9.61. The van der Waals surface area contributed by atoms with E-state index < -0.39 is 0 Å². The van der Waals surface area contributed by atoms with Gasteiger partial charge in [0, 0.05) is 33.5 Å². The maximum atomic E-state index is 7.10. The van der Waals surface area contributed by atoms with Gasteiger partial charge >= 0.3 is 0 Å². The summed E-state index contributed by atoms with van der Waals surface area (Å²) in [5.74, 6) is 0. The average molecular weight is 939 g/mol. The van der Waals surface area contributed by atoms with Crippen molar-refractivity contribution in [3.8, 4) is 44.5 Å². The molecule has 0 aliphatic rings. The van der Waals surface area contributed by atoms with Crippen LogP contribution in [-0.2, 0) is 0 Å². The Morgan fingerprint density at radius 1 is 0.224 bits per heavy atom. The van der Waals surface area contributed by atoms with Gasteiger partial charge in [-0.05, 0) is 115 Å². The number of hydrogen-bond donors (Lipinski definition) is 0. The number of anilines is 6. The third kappa shape index (κ3) is 8.22. The first-order valence-corrected chi connectivity index (χ1v) is 24.7. The van der Waals surface area contributed by atoms with Crippen LogP contribution in [0.3, 0.4) is 0 Å². The molecule has 0 bridgehead atoms. The maximum absolute atomic E-state index is 7.10. The van der Waals surface area contributed by atoms with Crippen LogP contribution >= 0.6 is 0 Å². The Bertz CT molecular complexity index is 3780. The van der Waals surface area contributed by atoms with E-state index in [1.165, 1.54) is 0 Å². The van der Waals surface area contributed by atoms with E-state index in [1.54, 1.807) is 0 Å². The molecule has 12 aromatic rings. The second-order valence-corrected chi connectivity index (χ2v) is 19.1. The van der Waals surface area contributed by atoms with Crippen LogP contribution in [-0.4, -0.2) is 78.5 Å². The summed E-state index contributed by atoms with van der Waals surface area (Å²) in [5.41, 5.74) is 13.2. The molecule has 12 heteroatoms. The molecule has 0 aliphatic carbocycles. The van der Waals surface area contributed by atoms with Gasteiger partial charge in [0.05, 0.1) is 11.4 Å². The first kappa shape index (κ1) is 48.8. The van der Waals surface area contributed by atoms with E-state index in [0.717, 1.165) is 99.6 Å². The zero-order chi connectivity index (χ0) is 52.5. The Labute approximate surface area is 457 Å². The average Bonchev–Trinajstić information content (AvgIpc) is 3.63. The summed E-state index contributed by atoms with van der Waals surface area (Å²) in [6, 6.07) is 70.7. The first-order valence-electron chi connectivity index (χ1n) is 24.7. The van der Waals surface area contributed by atoms with Crippen LogP contribution in [0.2, 0.25) is 0 Å². The molecule has 12 aromatic carbocycles. The van der Waals surface area contributed by atoms with E-state index >= 15 is 0 Å².